The standard InChI is InChI=1S/C16H18N6O2/c23-14(10-12-6-4-5-7-12)17-18-15(24)11-22-20-16(19-21-22)13-8-2-1-3-9-13/h1-4,6,8-9,12H,5,7,10-11H2,(H,17,23)(H,18,24)/t12-/m0/s1. The molecule has 1 heterocycles. The molecule has 0 radical (unpaired) electrons. The molecule has 1 aliphatic carbocycles. The molecule has 0 unspecified atom stereocenters. The van der Waals surface area contributed by atoms with Crippen LogP contribution in [0.3, 0.4) is 0 Å². The van der Waals surface area contributed by atoms with Crippen LogP contribution in [0.1, 0.15) is 19.3 Å². The number of rotatable bonds is 5. The van der Waals surface area contributed by atoms with E-state index < -0.39 is 5.91 Å². The number of benzene rings is 1. The molecule has 1 aromatic heterocycles. The molecule has 124 valence electrons. The van der Waals surface area contributed by atoms with Gasteiger partial charge in [-0.1, -0.05) is 42.5 Å². The number of nitrogens with zero attached hydrogens (tertiary/aromatic N) is 4. The second kappa shape index (κ2) is 7.49. The first kappa shape index (κ1) is 15.9. The van der Waals surface area contributed by atoms with Crippen LogP contribution in [0.15, 0.2) is 42.5 Å². The van der Waals surface area contributed by atoms with Crippen LogP contribution < -0.4 is 10.9 Å². The second-order valence-corrected chi connectivity index (χ2v) is 5.58. The molecule has 2 N–H and O–H groups in total. The van der Waals surface area contributed by atoms with Gasteiger partial charge in [0.2, 0.25) is 11.7 Å². The molecule has 0 spiro atoms. The van der Waals surface area contributed by atoms with Crippen LogP contribution in [0.5, 0.6) is 0 Å². The summed E-state index contributed by atoms with van der Waals surface area (Å²) in [5.41, 5.74) is 5.59. The van der Waals surface area contributed by atoms with Gasteiger partial charge in [-0.2, -0.15) is 4.80 Å². The van der Waals surface area contributed by atoms with Crippen LogP contribution in [0.2, 0.25) is 0 Å². The highest BCUT2D eigenvalue weighted by molar-refractivity contribution is 5.82. The van der Waals surface area contributed by atoms with E-state index in [1.807, 2.05) is 36.4 Å². The lowest BCUT2D eigenvalue weighted by Gasteiger charge is -2.09. The number of allylic oxidation sites excluding steroid dienone is 2. The zero-order valence-corrected chi connectivity index (χ0v) is 13.1. The van der Waals surface area contributed by atoms with Crippen molar-refractivity contribution in [2.45, 2.75) is 25.8 Å². The minimum Gasteiger partial charge on any atom is -0.273 e. The lowest BCUT2D eigenvalue weighted by molar-refractivity contribution is -0.129. The maximum absolute atomic E-state index is 11.8. The first-order chi connectivity index (χ1) is 11.7. The molecule has 24 heavy (non-hydrogen) atoms. The molecule has 0 saturated heterocycles. The number of hydrogen-bond donors (Lipinski definition) is 2. The molecule has 0 aliphatic heterocycles. The Morgan fingerprint density at radius 3 is 2.71 bits per heavy atom. The molecular formula is C16H18N6O2. The molecule has 1 aliphatic rings. The topological polar surface area (TPSA) is 102 Å². The van der Waals surface area contributed by atoms with Crippen molar-refractivity contribution in [2.24, 2.45) is 5.92 Å². The Balaban J connectivity index is 1.46. The molecule has 2 amide bonds. The molecule has 3 rings (SSSR count). The van der Waals surface area contributed by atoms with Gasteiger partial charge in [-0.25, -0.2) is 0 Å². The van der Waals surface area contributed by atoms with Gasteiger partial charge in [0.05, 0.1) is 0 Å². The van der Waals surface area contributed by atoms with Crippen molar-refractivity contribution in [3.05, 3.63) is 42.5 Å². The molecule has 8 nitrogen and oxygen atoms in total. The molecule has 0 bridgehead atoms. The minimum absolute atomic E-state index is 0.122. The van der Waals surface area contributed by atoms with Gasteiger partial charge in [0.1, 0.15) is 6.54 Å². The third-order valence-electron chi connectivity index (χ3n) is 3.67. The summed E-state index contributed by atoms with van der Waals surface area (Å²) in [7, 11) is 0. The second-order valence-electron chi connectivity index (χ2n) is 5.58. The fraction of sp³-hybridized carbons (Fsp3) is 0.312. The number of tetrazole rings is 1. The Labute approximate surface area is 138 Å². The monoisotopic (exact) mass is 326 g/mol. The maximum atomic E-state index is 11.8. The number of nitrogens with one attached hydrogen (secondary N) is 2. The summed E-state index contributed by atoms with van der Waals surface area (Å²) < 4.78 is 0. The van der Waals surface area contributed by atoms with E-state index >= 15 is 0 Å². The molecule has 1 aromatic carbocycles. The van der Waals surface area contributed by atoms with Crippen molar-refractivity contribution in [3.8, 4) is 11.4 Å². The number of amides is 2. The van der Waals surface area contributed by atoms with Gasteiger partial charge in [-0.05, 0) is 24.0 Å². The Morgan fingerprint density at radius 2 is 1.96 bits per heavy atom. The molecule has 0 fully saturated rings. The summed E-state index contributed by atoms with van der Waals surface area (Å²) in [4.78, 5) is 24.8. The van der Waals surface area contributed by atoms with Gasteiger partial charge < -0.3 is 0 Å². The first-order valence-electron chi connectivity index (χ1n) is 7.78. The van der Waals surface area contributed by atoms with Crippen LogP contribution in [0.4, 0.5) is 0 Å². The Hall–Kier alpha value is -3.03. The summed E-state index contributed by atoms with van der Waals surface area (Å²) in [6, 6.07) is 9.36. The highest BCUT2D eigenvalue weighted by Gasteiger charge is 2.15. The summed E-state index contributed by atoms with van der Waals surface area (Å²) in [5.74, 6) is 0.0755. The lowest BCUT2D eigenvalue weighted by Crippen LogP contribution is -2.43. The van der Waals surface area contributed by atoms with Crippen molar-refractivity contribution in [2.75, 3.05) is 0 Å². The normalized spacial score (nSPS) is 16.1. The number of aromatic nitrogens is 4. The highest BCUT2D eigenvalue weighted by atomic mass is 16.2. The van der Waals surface area contributed by atoms with Crippen molar-refractivity contribution in [1.82, 2.24) is 31.1 Å². The third-order valence-corrected chi connectivity index (χ3v) is 3.67. The van der Waals surface area contributed by atoms with Crippen LogP contribution in [-0.2, 0) is 16.1 Å². The van der Waals surface area contributed by atoms with Crippen molar-refractivity contribution < 1.29 is 9.59 Å². The third kappa shape index (κ3) is 4.25. The fourth-order valence-corrected chi connectivity index (χ4v) is 2.47. The van der Waals surface area contributed by atoms with E-state index in [2.05, 4.69) is 32.3 Å². The molecule has 2 aromatic rings. The molecule has 1 atom stereocenters. The summed E-state index contributed by atoms with van der Waals surface area (Å²) >= 11 is 0. The predicted molar refractivity (Wildman–Crippen MR) is 86.0 cm³/mol. The van der Waals surface area contributed by atoms with E-state index in [-0.39, 0.29) is 18.4 Å². The molecule has 8 heteroatoms. The zero-order valence-electron chi connectivity index (χ0n) is 13.1. The fourth-order valence-electron chi connectivity index (χ4n) is 2.47. The smallest absolute Gasteiger partial charge is 0.262 e. The Kier molecular flexibility index (Phi) is 4.95. The number of carbonyl (C=O) groups is 2. The minimum atomic E-state index is -0.415. The molecular weight excluding hydrogens is 308 g/mol. The van der Waals surface area contributed by atoms with Gasteiger partial charge in [-0.3, -0.25) is 20.4 Å². The van der Waals surface area contributed by atoms with Gasteiger partial charge in [0.25, 0.3) is 5.91 Å². The van der Waals surface area contributed by atoms with E-state index in [1.165, 1.54) is 4.80 Å². The van der Waals surface area contributed by atoms with Gasteiger partial charge >= 0.3 is 0 Å². The SMILES string of the molecule is O=C(C[C@H]1C=CCC1)NNC(=O)Cn1nnc(-c2ccccc2)n1. The van der Waals surface area contributed by atoms with Crippen LogP contribution in [-0.4, -0.2) is 32.0 Å². The number of hydrazine groups is 1. The molecule has 0 saturated carbocycles. The lowest BCUT2D eigenvalue weighted by atomic mass is 10.1. The van der Waals surface area contributed by atoms with Crippen LogP contribution in [0, 0.1) is 5.92 Å². The average molecular weight is 326 g/mol. The van der Waals surface area contributed by atoms with E-state index in [9.17, 15) is 9.59 Å². The average Bonchev–Trinajstić information content (AvgIpc) is 3.26. The Bertz CT molecular complexity index is 740. The van der Waals surface area contributed by atoms with E-state index in [0.29, 0.717) is 12.2 Å². The zero-order chi connectivity index (χ0) is 16.8. The Morgan fingerprint density at radius 1 is 1.17 bits per heavy atom. The van der Waals surface area contributed by atoms with Gasteiger partial charge in [-0.15, -0.1) is 10.2 Å². The summed E-state index contributed by atoms with van der Waals surface area (Å²) in [6.07, 6.45) is 6.46. The summed E-state index contributed by atoms with van der Waals surface area (Å²) in [6.45, 7) is -0.122. The maximum Gasteiger partial charge on any atom is 0.262 e. The van der Waals surface area contributed by atoms with Gasteiger partial charge in [0, 0.05) is 12.0 Å². The highest BCUT2D eigenvalue weighted by Crippen LogP contribution is 2.19. The van der Waals surface area contributed by atoms with E-state index in [1.54, 1.807) is 0 Å². The predicted octanol–water partition coefficient (Wildman–Crippen LogP) is 0.844. The number of carbonyl (C=O) groups excluding carboxylic acids is 2. The number of hydrogen-bond acceptors (Lipinski definition) is 5. The van der Waals surface area contributed by atoms with Crippen molar-refractivity contribution in [1.29, 1.82) is 0 Å². The van der Waals surface area contributed by atoms with Crippen molar-refractivity contribution in [3.63, 3.8) is 0 Å². The largest absolute Gasteiger partial charge is 0.273 e. The van der Waals surface area contributed by atoms with E-state index in [4.69, 9.17) is 0 Å². The van der Waals surface area contributed by atoms with Gasteiger partial charge in [0.15, 0.2) is 0 Å². The summed E-state index contributed by atoms with van der Waals surface area (Å²) in [5, 5.41) is 11.9. The van der Waals surface area contributed by atoms with Crippen LogP contribution >= 0.6 is 0 Å². The van der Waals surface area contributed by atoms with E-state index in [0.717, 1.165) is 18.4 Å². The van der Waals surface area contributed by atoms with Crippen LogP contribution in [0.25, 0.3) is 11.4 Å². The first-order valence-corrected chi connectivity index (χ1v) is 7.78. The van der Waals surface area contributed by atoms with Crippen molar-refractivity contribution >= 4 is 11.8 Å². The quantitative estimate of drug-likeness (QED) is 0.626.